The summed E-state index contributed by atoms with van der Waals surface area (Å²) in [7, 11) is 0. The largest absolute Gasteiger partial charge is 0.403 e. The molecule has 0 saturated heterocycles. The van der Waals surface area contributed by atoms with Gasteiger partial charge in [0, 0.05) is 5.02 Å². The molecule has 0 fully saturated rings. The molecule has 0 amide bonds. The zero-order valence-corrected chi connectivity index (χ0v) is 11.9. The summed E-state index contributed by atoms with van der Waals surface area (Å²) in [6.45, 7) is 1.74. The number of aromatic nitrogens is 2. The van der Waals surface area contributed by atoms with Gasteiger partial charge in [0.25, 0.3) is 0 Å². The summed E-state index contributed by atoms with van der Waals surface area (Å²) < 4.78 is 9.30. The van der Waals surface area contributed by atoms with Crippen LogP contribution in [0.4, 0.5) is 0 Å². The number of benzene rings is 1. The second-order valence-electron chi connectivity index (χ2n) is 3.88. The number of aryl methyl sites for hydroxylation is 1. The van der Waals surface area contributed by atoms with Crippen molar-refractivity contribution >= 4 is 45.0 Å². The van der Waals surface area contributed by atoms with E-state index in [-0.39, 0.29) is 5.89 Å². The average Bonchev–Trinajstić information content (AvgIpc) is 2.71. The van der Waals surface area contributed by atoms with E-state index in [0.29, 0.717) is 31.5 Å². The molecule has 0 radical (unpaired) electrons. The normalized spacial score (nSPS) is 11.1. The summed E-state index contributed by atoms with van der Waals surface area (Å²) in [6.07, 6.45) is 0. The Hall–Kier alpha value is -1.43. The van der Waals surface area contributed by atoms with Crippen molar-refractivity contribution in [3.05, 3.63) is 44.4 Å². The van der Waals surface area contributed by atoms with E-state index in [2.05, 4.69) is 9.36 Å². The summed E-state index contributed by atoms with van der Waals surface area (Å²) in [5.74, 6) is 0.169. The third kappa shape index (κ3) is 2.14. The first-order valence-corrected chi connectivity index (χ1v) is 6.82. The van der Waals surface area contributed by atoms with E-state index in [1.54, 1.807) is 25.1 Å². The molecule has 0 unspecified atom stereocenters. The van der Waals surface area contributed by atoms with E-state index >= 15 is 0 Å². The molecule has 0 aliphatic rings. The molecule has 2 aromatic heterocycles. The van der Waals surface area contributed by atoms with Gasteiger partial charge in [-0.2, -0.15) is 9.36 Å². The number of rotatable bonds is 1. The smallest absolute Gasteiger partial charge is 0.349 e. The molecule has 3 rings (SSSR count). The van der Waals surface area contributed by atoms with E-state index in [1.807, 2.05) is 0 Å². The number of nitrogens with zero attached hydrogens (tertiary/aromatic N) is 2. The van der Waals surface area contributed by atoms with Crippen molar-refractivity contribution in [3.8, 4) is 11.5 Å². The predicted octanol–water partition coefficient (Wildman–Crippen LogP) is 3.93. The minimum Gasteiger partial charge on any atom is -0.403 e. The highest BCUT2D eigenvalue weighted by atomic mass is 35.5. The molecule has 0 aliphatic carbocycles. The summed E-state index contributed by atoms with van der Waals surface area (Å²) >= 11 is 13.1. The van der Waals surface area contributed by atoms with Crippen LogP contribution in [0.15, 0.2) is 27.4 Å². The van der Waals surface area contributed by atoms with E-state index in [1.165, 1.54) is 0 Å². The lowest BCUT2D eigenvalue weighted by Crippen LogP contribution is -2.02. The van der Waals surface area contributed by atoms with E-state index in [4.69, 9.17) is 27.6 Å². The van der Waals surface area contributed by atoms with Crippen LogP contribution in [0.2, 0.25) is 10.0 Å². The van der Waals surface area contributed by atoms with Crippen LogP contribution >= 0.6 is 34.7 Å². The number of fused-ring (bicyclic) bond motifs is 1. The minimum atomic E-state index is -0.461. The van der Waals surface area contributed by atoms with Gasteiger partial charge in [0.05, 0.1) is 16.3 Å². The van der Waals surface area contributed by atoms with Crippen LogP contribution in [-0.4, -0.2) is 9.36 Å². The van der Waals surface area contributed by atoms with Gasteiger partial charge < -0.3 is 4.42 Å². The standard InChI is InChI=1S/C12H6Cl2N2O2S/c1-5-9-11(19-16-5)15-10(18-12(9)17)7-3-2-6(13)4-8(7)14/h2-4H,1H3. The molecule has 4 nitrogen and oxygen atoms in total. The molecule has 0 saturated carbocycles. The highest BCUT2D eigenvalue weighted by Gasteiger charge is 2.15. The second kappa shape index (κ2) is 4.59. The van der Waals surface area contributed by atoms with Crippen LogP contribution in [0.5, 0.6) is 0 Å². The Morgan fingerprint density at radius 1 is 1.32 bits per heavy atom. The van der Waals surface area contributed by atoms with Crippen molar-refractivity contribution in [3.63, 3.8) is 0 Å². The molecule has 3 aromatic rings. The molecule has 19 heavy (non-hydrogen) atoms. The first-order valence-electron chi connectivity index (χ1n) is 5.29. The third-order valence-corrected chi connectivity index (χ3v) is 3.98. The maximum atomic E-state index is 11.9. The Labute approximate surface area is 121 Å². The lowest BCUT2D eigenvalue weighted by molar-refractivity contribution is 0.518. The lowest BCUT2D eigenvalue weighted by atomic mass is 10.2. The van der Waals surface area contributed by atoms with Crippen molar-refractivity contribution in [2.45, 2.75) is 6.92 Å². The minimum absolute atomic E-state index is 0.169. The van der Waals surface area contributed by atoms with Gasteiger partial charge in [0.1, 0.15) is 5.39 Å². The number of halogens is 2. The van der Waals surface area contributed by atoms with Crippen LogP contribution in [0.1, 0.15) is 5.69 Å². The van der Waals surface area contributed by atoms with Gasteiger partial charge >= 0.3 is 5.63 Å². The number of hydrogen-bond acceptors (Lipinski definition) is 5. The summed E-state index contributed by atoms with van der Waals surface area (Å²) in [5.41, 5.74) is 0.684. The first-order chi connectivity index (χ1) is 9.06. The van der Waals surface area contributed by atoms with Gasteiger partial charge in [-0.3, -0.25) is 0 Å². The molecule has 0 aliphatic heterocycles. The van der Waals surface area contributed by atoms with Crippen molar-refractivity contribution in [2.24, 2.45) is 0 Å². The van der Waals surface area contributed by atoms with E-state index in [0.717, 1.165) is 11.5 Å². The maximum Gasteiger partial charge on any atom is 0.349 e. The highest BCUT2D eigenvalue weighted by Crippen LogP contribution is 2.30. The second-order valence-corrected chi connectivity index (χ2v) is 5.47. The third-order valence-electron chi connectivity index (χ3n) is 2.60. The molecule has 0 bridgehead atoms. The SMILES string of the molecule is Cc1nsc2nc(-c3ccc(Cl)cc3Cl)oc(=O)c12. The van der Waals surface area contributed by atoms with Crippen LogP contribution < -0.4 is 5.63 Å². The van der Waals surface area contributed by atoms with Crippen molar-refractivity contribution in [2.75, 3.05) is 0 Å². The fourth-order valence-corrected chi connectivity index (χ4v) is 2.95. The summed E-state index contributed by atoms with van der Waals surface area (Å²) in [6, 6.07) is 4.89. The first kappa shape index (κ1) is 12.6. The highest BCUT2D eigenvalue weighted by molar-refractivity contribution is 7.12. The van der Waals surface area contributed by atoms with Crippen LogP contribution in [0.25, 0.3) is 21.7 Å². The quantitative estimate of drug-likeness (QED) is 0.683. The average molecular weight is 313 g/mol. The Balaban J connectivity index is 2.29. The van der Waals surface area contributed by atoms with E-state index < -0.39 is 5.63 Å². The maximum absolute atomic E-state index is 11.9. The predicted molar refractivity (Wildman–Crippen MR) is 76.1 cm³/mol. The molecule has 0 spiro atoms. The molecule has 1 aromatic carbocycles. The zero-order valence-electron chi connectivity index (χ0n) is 9.61. The number of hydrogen-bond donors (Lipinski definition) is 0. The van der Waals surface area contributed by atoms with Crippen molar-refractivity contribution < 1.29 is 4.42 Å². The summed E-state index contributed by atoms with van der Waals surface area (Å²) in [4.78, 5) is 16.7. The fourth-order valence-electron chi connectivity index (χ4n) is 1.70. The van der Waals surface area contributed by atoms with Crippen LogP contribution in [0, 0.1) is 6.92 Å². The molecule has 2 heterocycles. The fraction of sp³-hybridized carbons (Fsp3) is 0.0833. The van der Waals surface area contributed by atoms with Gasteiger partial charge in [0.15, 0.2) is 4.83 Å². The molecule has 0 atom stereocenters. The molecule has 0 N–H and O–H groups in total. The molecule has 96 valence electrons. The van der Waals surface area contributed by atoms with Crippen LogP contribution in [-0.2, 0) is 0 Å². The van der Waals surface area contributed by atoms with Crippen molar-refractivity contribution in [1.82, 2.24) is 9.36 Å². The Morgan fingerprint density at radius 2 is 2.11 bits per heavy atom. The Morgan fingerprint density at radius 3 is 2.84 bits per heavy atom. The van der Waals surface area contributed by atoms with Crippen LogP contribution in [0.3, 0.4) is 0 Å². The topological polar surface area (TPSA) is 56.0 Å². The van der Waals surface area contributed by atoms with Crippen molar-refractivity contribution in [1.29, 1.82) is 0 Å². The Kier molecular flexibility index (Phi) is 3.05. The van der Waals surface area contributed by atoms with Gasteiger partial charge in [-0.15, -0.1) is 0 Å². The van der Waals surface area contributed by atoms with Gasteiger partial charge in [-0.05, 0) is 36.7 Å². The van der Waals surface area contributed by atoms with E-state index in [9.17, 15) is 4.79 Å². The monoisotopic (exact) mass is 312 g/mol. The molecular weight excluding hydrogens is 307 g/mol. The molecular formula is C12H6Cl2N2O2S. The lowest BCUT2D eigenvalue weighted by Gasteiger charge is -2.02. The molecule has 7 heteroatoms. The van der Waals surface area contributed by atoms with Gasteiger partial charge in [-0.25, -0.2) is 4.79 Å². The zero-order chi connectivity index (χ0) is 13.6. The summed E-state index contributed by atoms with van der Waals surface area (Å²) in [5, 5.41) is 1.30. The Bertz CT molecular complexity index is 841. The van der Waals surface area contributed by atoms with Gasteiger partial charge in [-0.1, -0.05) is 23.2 Å². The van der Waals surface area contributed by atoms with Gasteiger partial charge in [0.2, 0.25) is 5.89 Å².